The zero-order valence-corrected chi connectivity index (χ0v) is 16.2. The molecule has 0 radical (unpaired) electrons. The lowest BCUT2D eigenvalue weighted by atomic mass is 10.1. The Morgan fingerprint density at radius 1 is 1.17 bits per heavy atom. The van der Waals surface area contributed by atoms with E-state index in [0.717, 1.165) is 18.4 Å². The van der Waals surface area contributed by atoms with Gasteiger partial charge in [0.1, 0.15) is 18.1 Å². The van der Waals surface area contributed by atoms with Gasteiger partial charge in [-0.2, -0.15) is 5.10 Å². The zero-order chi connectivity index (χ0) is 20.2. The van der Waals surface area contributed by atoms with Crippen LogP contribution in [0.25, 0.3) is 0 Å². The maximum Gasteiger partial charge on any atom is 0.346 e. The smallest absolute Gasteiger partial charge is 0.346 e. The van der Waals surface area contributed by atoms with Crippen molar-refractivity contribution in [2.24, 2.45) is 5.73 Å². The number of amides is 1. The van der Waals surface area contributed by atoms with Crippen LogP contribution in [0.1, 0.15) is 30.0 Å². The van der Waals surface area contributed by atoms with Crippen molar-refractivity contribution in [3.05, 3.63) is 76.4 Å². The molecule has 0 saturated carbocycles. The Hall–Kier alpha value is -3.13. The lowest BCUT2D eigenvalue weighted by Crippen LogP contribution is -2.36. The summed E-state index contributed by atoms with van der Waals surface area (Å²) in [5, 5.41) is 4.41. The molecule has 3 aromatic rings. The van der Waals surface area contributed by atoms with Crippen molar-refractivity contribution in [1.82, 2.24) is 19.2 Å². The molecule has 29 heavy (non-hydrogen) atoms. The first kappa shape index (κ1) is 19.2. The first-order valence-electron chi connectivity index (χ1n) is 9.86. The number of nitrogens with zero attached hydrogens (tertiary/aromatic N) is 4. The highest BCUT2D eigenvalue weighted by molar-refractivity contribution is 5.75. The van der Waals surface area contributed by atoms with Crippen LogP contribution in [0.15, 0.2) is 57.9 Å². The van der Waals surface area contributed by atoms with Crippen molar-refractivity contribution in [3.8, 4) is 0 Å². The molecule has 0 saturated heterocycles. The van der Waals surface area contributed by atoms with E-state index in [-0.39, 0.29) is 24.2 Å². The van der Waals surface area contributed by atoms with Gasteiger partial charge < -0.3 is 15.1 Å². The topological polar surface area (TPSA) is 99.3 Å². The summed E-state index contributed by atoms with van der Waals surface area (Å²) < 4.78 is 8.34. The van der Waals surface area contributed by atoms with Crippen LogP contribution in [0.3, 0.4) is 0 Å². The highest BCUT2D eigenvalue weighted by atomic mass is 16.3. The predicted molar refractivity (Wildman–Crippen MR) is 107 cm³/mol. The standard InChI is InChI=1S/C21H25N5O3/c22-17-8-9-19-23-26(21(28)25(19)11-10-17)15-20(27)24(14-18-7-4-12-29-18)13-16-5-2-1-3-6-16/h1-7,12,17H,8-11,13-15,22H2. The van der Waals surface area contributed by atoms with Crippen LogP contribution in [0.5, 0.6) is 0 Å². The monoisotopic (exact) mass is 395 g/mol. The summed E-state index contributed by atoms with van der Waals surface area (Å²) in [6.07, 6.45) is 3.77. The number of hydrogen-bond acceptors (Lipinski definition) is 5. The number of carbonyl (C=O) groups is 1. The Bertz CT molecular complexity index is 1010. The van der Waals surface area contributed by atoms with Gasteiger partial charge >= 0.3 is 5.69 Å². The van der Waals surface area contributed by atoms with Crippen molar-refractivity contribution < 1.29 is 9.21 Å². The average Bonchev–Trinajstić information content (AvgIpc) is 3.28. The van der Waals surface area contributed by atoms with Gasteiger partial charge in [0.05, 0.1) is 12.8 Å². The molecule has 8 nitrogen and oxygen atoms in total. The average molecular weight is 395 g/mol. The summed E-state index contributed by atoms with van der Waals surface area (Å²) in [5.41, 5.74) is 6.76. The van der Waals surface area contributed by atoms with E-state index in [1.54, 1.807) is 21.8 Å². The van der Waals surface area contributed by atoms with E-state index in [2.05, 4.69) is 5.10 Å². The molecule has 4 rings (SSSR count). The lowest BCUT2D eigenvalue weighted by molar-refractivity contribution is -0.133. The summed E-state index contributed by atoms with van der Waals surface area (Å²) in [6, 6.07) is 13.5. The Balaban J connectivity index is 1.53. The van der Waals surface area contributed by atoms with Crippen molar-refractivity contribution in [2.45, 2.75) is 51.5 Å². The van der Waals surface area contributed by atoms with E-state index in [1.165, 1.54) is 4.68 Å². The van der Waals surface area contributed by atoms with Gasteiger partial charge in [0, 0.05) is 25.6 Å². The van der Waals surface area contributed by atoms with Crippen LogP contribution >= 0.6 is 0 Å². The lowest BCUT2D eigenvalue weighted by Gasteiger charge is -2.21. The first-order chi connectivity index (χ1) is 14.1. The minimum atomic E-state index is -0.250. The SMILES string of the molecule is NC1CCc2nn(CC(=O)N(Cc3ccccc3)Cc3ccco3)c(=O)n2CC1. The number of hydrogen-bond donors (Lipinski definition) is 1. The minimum Gasteiger partial charge on any atom is -0.467 e. The number of aryl methyl sites for hydroxylation is 1. The second-order valence-corrected chi connectivity index (χ2v) is 7.41. The fraction of sp³-hybridized carbons (Fsp3) is 0.381. The van der Waals surface area contributed by atoms with Gasteiger partial charge in [0.25, 0.3) is 0 Å². The molecule has 1 aromatic carbocycles. The van der Waals surface area contributed by atoms with Crippen LogP contribution in [-0.2, 0) is 37.4 Å². The van der Waals surface area contributed by atoms with Crippen molar-refractivity contribution >= 4 is 5.91 Å². The highest BCUT2D eigenvalue weighted by Crippen LogP contribution is 2.13. The molecule has 2 N–H and O–H groups in total. The van der Waals surface area contributed by atoms with Crippen molar-refractivity contribution in [3.63, 3.8) is 0 Å². The number of benzene rings is 1. The quantitative estimate of drug-likeness (QED) is 0.682. The van der Waals surface area contributed by atoms with Gasteiger partial charge in [-0.25, -0.2) is 9.48 Å². The van der Waals surface area contributed by atoms with Gasteiger partial charge in [-0.15, -0.1) is 0 Å². The normalized spacial score (nSPS) is 16.2. The molecule has 3 heterocycles. The number of carbonyl (C=O) groups excluding carboxylic acids is 1. The Morgan fingerprint density at radius 2 is 2.00 bits per heavy atom. The molecule has 0 spiro atoms. The number of fused-ring (bicyclic) bond motifs is 1. The van der Waals surface area contributed by atoms with Gasteiger partial charge in [-0.3, -0.25) is 9.36 Å². The molecule has 0 aliphatic carbocycles. The maximum atomic E-state index is 13.1. The summed E-state index contributed by atoms with van der Waals surface area (Å²) in [7, 11) is 0. The van der Waals surface area contributed by atoms with E-state index in [0.29, 0.717) is 37.6 Å². The molecule has 152 valence electrons. The Kier molecular flexibility index (Phi) is 5.62. The van der Waals surface area contributed by atoms with Crippen LogP contribution in [-0.4, -0.2) is 31.2 Å². The summed E-state index contributed by atoms with van der Waals surface area (Å²) in [5.74, 6) is 1.21. The second kappa shape index (κ2) is 8.48. The third-order valence-electron chi connectivity index (χ3n) is 5.24. The molecule has 1 aliphatic rings. The maximum absolute atomic E-state index is 13.1. The highest BCUT2D eigenvalue weighted by Gasteiger charge is 2.22. The summed E-state index contributed by atoms with van der Waals surface area (Å²) in [4.78, 5) is 27.5. The minimum absolute atomic E-state index is 0.0841. The van der Waals surface area contributed by atoms with Gasteiger partial charge in [-0.1, -0.05) is 30.3 Å². The van der Waals surface area contributed by atoms with E-state index >= 15 is 0 Å². The van der Waals surface area contributed by atoms with Crippen LogP contribution in [0.4, 0.5) is 0 Å². The molecule has 8 heteroatoms. The largest absolute Gasteiger partial charge is 0.467 e. The first-order valence-corrected chi connectivity index (χ1v) is 9.86. The second-order valence-electron chi connectivity index (χ2n) is 7.41. The number of aromatic nitrogens is 3. The third kappa shape index (κ3) is 4.48. The Labute approximate surface area is 168 Å². The van der Waals surface area contributed by atoms with Crippen LogP contribution in [0, 0.1) is 0 Å². The van der Waals surface area contributed by atoms with Crippen LogP contribution in [0.2, 0.25) is 0 Å². The molecule has 1 amide bonds. The van der Waals surface area contributed by atoms with Gasteiger partial charge in [0.2, 0.25) is 5.91 Å². The van der Waals surface area contributed by atoms with E-state index in [4.69, 9.17) is 10.2 Å². The van der Waals surface area contributed by atoms with Crippen molar-refractivity contribution in [2.75, 3.05) is 0 Å². The van der Waals surface area contributed by atoms with Crippen molar-refractivity contribution in [1.29, 1.82) is 0 Å². The Morgan fingerprint density at radius 3 is 2.76 bits per heavy atom. The summed E-state index contributed by atoms with van der Waals surface area (Å²) in [6.45, 7) is 1.21. The molecule has 0 fully saturated rings. The fourth-order valence-electron chi connectivity index (χ4n) is 3.61. The molecular formula is C21H25N5O3. The number of nitrogens with two attached hydrogens (primary N) is 1. The number of furan rings is 1. The van der Waals surface area contributed by atoms with Gasteiger partial charge in [0.15, 0.2) is 0 Å². The number of rotatable bonds is 6. The van der Waals surface area contributed by atoms with E-state index < -0.39 is 0 Å². The van der Waals surface area contributed by atoms with Crippen LogP contribution < -0.4 is 11.4 Å². The third-order valence-corrected chi connectivity index (χ3v) is 5.24. The molecular weight excluding hydrogens is 370 g/mol. The fourth-order valence-corrected chi connectivity index (χ4v) is 3.61. The van der Waals surface area contributed by atoms with E-state index in [1.807, 2.05) is 36.4 Å². The molecule has 0 bridgehead atoms. The van der Waals surface area contributed by atoms with E-state index in [9.17, 15) is 9.59 Å². The summed E-state index contributed by atoms with van der Waals surface area (Å²) >= 11 is 0. The molecule has 2 aromatic heterocycles. The van der Waals surface area contributed by atoms with Gasteiger partial charge in [-0.05, 0) is 30.5 Å². The molecule has 1 unspecified atom stereocenters. The molecule has 1 aliphatic heterocycles. The zero-order valence-electron chi connectivity index (χ0n) is 16.2. The predicted octanol–water partition coefficient (Wildman–Crippen LogP) is 1.53. The molecule has 1 atom stereocenters.